The molecule has 0 spiro atoms. The minimum atomic E-state index is -0.0995. The summed E-state index contributed by atoms with van der Waals surface area (Å²) in [6.07, 6.45) is 1.01. The summed E-state index contributed by atoms with van der Waals surface area (Å²) in [7, 11) is 0. The van der Waals surface area contributed by atoms with Gasteiger partial charge in [0.15, 0.2) is 0 Å². The molecule has 0 radical (unpaired) electrons. The van der Waals surface area contributed by atoms with E-state index in [-0.39, 0.29) is 24.2 Å². The molecule has 0 saturated heterocycles. The highest BCUT2D eigenvalue weighted by Gasteiger charge is 2.16. The predicted octanol–water partition coefficient (Wildman–Crippen LogP) is 3.62. The quantitative estimate of drug-likeness (QED) is 0.894. The lowest BCUT2D eigenvalue weighted by molar-refractivity contribution is 0.419. The zero-order valence-corrected chi connectivity index (χ0v) is 11.3. The van der Waals surface area contributed by atoms with Crippen LogP contribution in [0.2, 0.25) is 0 Å². The molecule has 1 rings (SSSR count). The fourth-order valence-electron chi connectivity index (χ4n) is 1.35. The van der Waals surface area contributed by atoms with E-state index in [0.717, 1.165) is 16.5 Å². The molecular weight excluding hydrogens is 277 g/mol. The molecule has 0 amide bonds. The summed E-state index contributed by atoms with van der Waals surface area (Å²) < 4.78 is 0.948. The van der Waals surface area contributed by atoms with Crippen LogP contribution >= 0.6 is 28.3 Å². The van der Waals surface area contributed by atoms with Crippen molar-refractivity contribution in [3.63, 3.8) is 0 Å². The van der Waals surface area contributed by atoms with Gasteiger partial charge in [0, 0.05) is 16.1 Å². The van der Waals surface area contributed by atoms with Crippen LogP contribution in [0.5, 0.6) is 5.75 Å². The van der Waals surface area contributed by atoms with Gasteiger partial charge < -0.3 is 10.8 Å². The van der Waals surface area contributed by atoms with Gasteiger partial charge >= 0.3 is 0 Å². The van der Waals surface area contributed by atoms with E-state index < -0.39 is 0 Å². The monoisotopic (exact) mass is 293 g/mol. The van der Waals surface area contributed by atoms with E-state index in [1.165, 1.54) is 0 Å². The second-order valence-electron chi connectivity index (χ2n) is 3.61. The van der Waals surface area contributed by atoms with E-state index in [4.69, 9.17) is 5.73 Å². The van der Waals surface area contributed by atoms with E-state index in [1.807, 2.05) is 12.1 Å². The van der Waals surface area contributed by atoms with Gasteiger partial charge in [0.25, 0.3) is 0 Å². The Hall–Kier alpha value is -0.250. The molecule has 3 N–H and O–H groups in total. The largest absolute Gasteiger partial charge is 0.508 e. The molecule has 0 aliphatic heterocycles. The Morgan fingerprint density at radius 3 is 2.60 bits per heavy atom. The van der Waals surface area contributed by atoms with Crippen molar-refractivity contribution < 1.29 is 5.11 Å². The fraction of sp³-hybridized carbons (Fsp3) is 0.455. The number of rotatable bonds is 3. The van der Waals surface area contributed by atoms with Gasteiger partial charge in [-0.2, -0.15) is 0 Å². The van der Waals surface area contributed by atoms with Crippen LogP contribution in [0, 0.1) is 5.92 Å². The van der Waals surface area contributed by atoms with Crippen molar-refractivity contribution in [3.05, 3.63) is 28.2 Å². The first-order chi connectivity index (χ1) is 6.56. The van der Waals surface area contributed by atoms with Crippen LogP contribution in [0.3, 0.4) is 0 Å². The Kier molecular flexibility index (Phi) is 6.25. The maximum Gasteiger partial charge on any atom is 0.120 e. The molecule has 2 atom stereocenters. The lowest BCUT2D eigenvalue weighted by Crippen LogP contribution is -2.18. The van der Waals surface area contributed by atoms with Gasteiger partial charge in [-0.3, -0.25) is 0 Å². The van der Waals surface area contributed by atoms with Crippen molar-refractivity contribution in [2.75, 3.05) is 0 Å². The topological polar surface area (TPSA) is 46.2 Å². The predicted molar refractivity (Wildman–Crippen MR) is 69.4 cm³/mol. The Morgan fingerprint density at radius 2 is 2.07 bits per heavy atom. The van der Waals surface area contributed by atoms with Crippen LogP contribution in [0.15, 0.2) is 22.7 Å². The third kappa shape index (κ3) is 3.67. The van der Waals surface area contributed by atoms with Crippen molar-refractivity contribution in [2.45, 2.75) is 26.3 Å². The van der Waals surface area contributed by atoms with Gasteiger partial charge in [0.05, 0.1) is 0 Å². The number of halogens is 2. The molecule has 0 fully saturated rings. The second-order valence-corrected chi connectivity index (χ2v) is 4.53. The molecule has 0 aliphatic rings. The fourth-order valence-corrected chi connectivity index (χ4v) is 1.73. The number of hydrogen-bond acceptors (Lipinski definition) is 2. The molecule has 1 aromatic carbocycles. The maximum absolute atomic E-state index is 9.65. The molecule has 0 aromatic heterocycles. The standard InChI is InChI=1S/C11H16BrNO.ClH/c1-3-7(2)11(13)9-6-8(12)4-5-10(9)14;/h4-7,11,14H,3,13H2,1-2H3;1H/t7?,11-;/m0./s1. The summed E-state index contributed by atoms with van der Waals surface area (Å²) in [5, 5.41) is 9.65. The van der Waals surface area contributed by atoms with E-state index >= 15 is 0 Å². The molecule has 0 saturated carbocycles. The highest BCUT2D eigenvalue weighted by Crippen LogP contribution is 2.31. The number of phenolic OH excluding ortho intramolecular Hbond substituents is 1. The maximum atomic E-state index is 9.65. The Balaban J connectivity index is 0.00000196. The van der Waals surface area contributed by atoms with E-state index in [2.05, 4.69) is 29.8 Å². The molecule has 1 unspecified atom stereocenters. The molecule has 2 nitrogen and oxygen atoms in total. The van der Waals surface area contributed by atoms with Crippen LogP contribution in [0.4, 0.5) is 0 Å². The van der Waals surface area contributed by atoms with Crippen molar-refractivity contribution in [1.29, 1.82) is 0 Å². The van der Waals surface area contributed by atoms with Gasteiger partial charge in [-0.25, -0.2) is 0 Å². The lowest BCUT2D eigenvalue weighted by Gasteiger charge is -2.19. The van der Waals surface area contributed by atoms with Crippen LogP contribution in [0.25, 0.3) is 0 Å². The second kappa shape index (κ2) is 6.36. The molecule has 0 aliphatic carbocycles. The number of nitrogens with two attached hydrogens (primary N) is 1. The molecule has 0 bridgehead atoms. The van der Waals surface area contributed by atoms with Crippen molar-refractivity contribution in [3.8, 4) is 5.75 Å². The SMILES string of the molecule is CCC(C)[C@H](N)c1cc(Br)ccc1O.Cl. The minimum absolute atomic E-state index is 0. The Labute approximate surface area is 105 Å². The summed E-state index contributed by atoms with van der Waals surface area (Å²) in [5.74, 6) is 0.649. The highest BCUT2D eigenvalue weighted by atomic mass is 79.9. The van der Waals surface area contributed by atoms with Gasteiger partial charge in [0.1, 0.15) is 5.75 Å². The van der Waals surface area contributed by atoms with Crippen LogP contribution in [-0.4, -0.2) is 5.11 Å². The van der Waals surface area contributed by atoms with Gasteiger partial charge in [-0.1, -0.05) is 36.2 Å². The van der Waals surface area contributed by atoms with Crippen molar-refractivity contribution >= 4 is 28.3 Å². The molecule has 0 heterocycles. The third-order valence-corrected chi connectivity index (χ3v) is 3.10. The zero-order valence-electron chi connectivity index (χ0n) is 8.90. The summed E-state index contributed by atoms with van der Waals surface area (Å²) in [6, 6.07) is 5.26. The normalized spacial score (nSPS) is 14.1. The average molecular weight is 295 g/mol. The molecule has 1 aromatic rings. The number of benzene rings is 1. The smallest absolute Gasteiger partial charge is 0.120 e. The first-order valence-corrected chi connectivity index (χ1v) is 5.59. The number of phenols is 1. The first kappa shape index (κ1) is 14.8. The molecular formula is C11H17BrClNO. The number of hydrogen-bond donors (Lipinski definition) is 2. The summed E-state index contributed by atoms with van der Waals surface area (Å²) >= 11 is 3.37. The van der Waals surface area contributed by atoms with Crippen LogP contribution in [0.1, 0.15) is 31.9 Å². The highest BCUT2D eigenvalue weighted by molar-refractivity contribution is 9.10. The van der Waals surface area contributed by atoms with Crippen LogP contribution < -0.4 is 5.73 Å². The third-order valence-electron chi connectivity index (χ3n) is 2.61. The van der Waals surface area contributed by atoms with Crippen molar-refractivity contribution in [2.24, 2.45) is 11.7 Å². The van der Waals surface area contributed by atoms with Gasteiger partial charge in [-0.15, -0.1) is 12.4 Å². The lowest BCUT2D eigenvalue weighted by atomic mass is 9.93. The Bertz CT molecular complexity index is 319. The van der Waals surface area contributed by atoms with Gasteiger partial charge in [-0.05, 0) is 24.1 Å². The van der Waals surface area contributed by atoms with E-state index in [0.29, 0.717) is 5.92 Å². The van der Waals surface area contributed by atoms with E-state index in [9.17, 15) is 5.11 Å². The first-order valence-electron chi connectivity index (χ1n) is 4.80. The number of aromatic hydroxyl groups is 1. The van der Waals surface area contributed by atoms with E-state index in [1.54, 1.807) is 6.07 Å². The molecule has 86 valence electrons. The van der Waals surface area contributed by atoms with Crippen molar-refractivity contribution in [1.82, 2.24) is 0 Å². The summed E-state index contributed by atoms with van der Waals surface area (Å²) in [4.78, 5) is 0. The minimum Gasteiger partial charge on any atom is -0.508 e. The average Bonchev–Trinajstić information content (AvgIpc) is 2.19. The summed E-state index contributed by atoms with van der Waals surface area (Å²) in [5.41, 5.74) is 6.85. The summed E-state index contributed by atoms with van der Waals surface area (Å²) in [6.45, 7) is 4.19. The Morgan fingerprint density at radius 1 is 1.47 bits per heavy atom. The zero-order chi connectivity index (χ0) is 10.7. The molecule has 15 heavy (non-hydrogen) atoms. The van der Waals surface area contributed by atoms with Crippen LogP contribution in [-0.2, 0) is 0 Å². The molecule has 4 heteroatoms. The van der Waals surface area contributed by atoms with Gasteiger partial charge in [0.2, 0.25) is 0 Å².